The fourth-order valence-corrected chi connectivity index (χ4v) is 2.14. The van der Waals surface area contributed by atoms with E-state index in [0.717, 1.165) is 32.2 Å². The zero-order valence-electron chi connectivity index (χ0n) is 12.1. The summed E-state index contributed by atoms with van der Waals surface area (Å²) in [6.45, 7) is 2.89. The van der Waals surface area contributed by atoms with E-state index in [-0.39, 0.29) is 11.9 Å². The van der Waals surface area contributed by atoms with Gasteiger partial charge >= 0.3 is 0 Å². The topological polar surface area (TPSA) is 46.3 Å². The van der Waals surface area contributed by atoms with Crippen molar-refractivity contribution in [3.63, 3.8) is 0 Å². The predicted molar refractivity (Wildman–Crippen MR) is 79.9 cm³/mol. The second-order valence-corrected chi connectivity index (χ2v) is 5.16. The van der Waals surface area contributed by atoms with Gasteiger partial charge < -0.3 is 10.6 Å². The van der Waals surface area contributed by atoms with E-state index >= 15 is 0 Å². The molecule has 0 heterocycles. The van der Waals surface area contributed by atoms with Crippen molar-refractivity contribution in [3.8, 4) is 0 Å². The van der Waals surface area contributed by atoms with Gasteiger partial charge in [0.2, 0.25) is 5.91 Å². The van der Waals surface area contributed by atoms with Gasteiger partial charge in [0, 0.05) is 26.1 Å². The predicted octanol–water partition coefficient (Wildman–Crippen LogP) is 2.60. The molecule has 0 radical (unpaired) electrons. The normalized spacial score (nSPS) is 12.2. The molecule has 0 saturated heterocycles. The van der Waals surface area contributed by atoms with Gasteiger partial charge in [-0.05, 0) is 24.8 Å². The maximum atomic E-state index is 11.9. The van der Waals surface area contributed by atoms with Crippen molar-refractivity contribution < 1.29 is 4.79 Å². The molecule has 1 rings (SSSR count). The fraction of sp³-hybridized carbons (Fsp3) is 0.562. The summed E-state index contributed by atoms with van der Waals surface area (Å²) in [7, 11) is 1.87. The monoisotopic (exact) mass is 262 g/mol. The lowest BCUT2D eigenvalue weighted by Crippen LogP contribution is -2.34. The molecule has 1 aromatic carbocycles. The minimum absolute atomic E-state index is 0.00840. The summed E-state index contributed by atoms with van der Waals surface area (Å²) in [4.78, 5) is 13.7. The van der Waals surface area contributed by atoms with Crippen molar-refractivity contribution >= 4 is 5.91 Å². The molecule has 3 heteroatoms. The Hall–Kier alpha value is -1.35. The van der Waals surface area contributed by atoms with E-state index in [4.69, 9.17) is 5.73 Å². The number of nitrogens with zero attached hydrogens (tertiary/aromatic N) is 1. The highest BCUT2D eigenvalue weighted by atomic mass is 16.2. The molecular weight excluding hydrogens is 236 g/mol. The van der Waals surface area contributed by atoms with Crippen LogP contribution in [0.25, 0.3) is 0 Å². The first-order valence-corrected chi connectivity index (χ1v) is 7.17. The Kier molecular flexibility index (Phi) is 7.19. The number of carbonyl (C=O) groups is 1. The number of hydrogen-bond acceptors (Lipinski definition) is 2. The van der Waals surface area contributed by atoms with Gasteiger partial charge in [0.15, 0.2) is 0 Å². The van der Waals surface area contributed by atoms with Crippen LogP contribution in [0.5, 0.6) is 0 Å². The van der Waals surface area contributed by atoms with Crippen LogP contribution in [-0.4, -0.2) is 30.4 Å². The number of aryl methyl sites for hydroxylation is 1. The molecule has 1 atom stereocenters. The van der Waals surface area contributed by atoms with Gasteiger partial charge in [-0.15, -0.1) is 0 Å². The van der Waals surface area contributed by atoms with Gasteiger partial charge in [0.25, 0.3) is 0 Å². The van der Waals surface area contributed by atoms with E-state index < -0.39 is 0 Å². The highest BCUT2D eigenvalue weighted by Gasteiger charge is 2.12. The Morgan fingerprint density at radius 1 is 1.32 bits per heavy atom. The van der Waals surface area contributed by atoms with Gasteiger partial charge in [0.1, 0.15) is 0 Å². The van der Waals surface area contributed by atoms with Gasteiger partial charge in [-0.1, -0.05) is 43.7 Å². The fourth-order valence-electron chi connectivity index (χ4n) is 2.14. The van der Waals surface area contributed by atoms with Crippen molar-refractivity contribution in [2.24, 2.45) is 5.73 Å². The van der Waals surface area contributed by atoms with Crippen molar-refractivity contribution in [2.75, 3.05) is 13.6 Å². The van der Waals surface area contributed by atoms with Crippen molar-refractivity contribution in [1.29, 1.82) is 0 Å². The minimum atomic E-state index is 0.00840. The molecule has 0 aromatic heterocycles. The summed E-state index contributed by atoms with van der Waals surface area (Å²) in [5, 5.41) is 0. The number of benzene rings is 1. The second-order valence-electron chi connectivity index (χ2n) is 5.16. The third kappa shape index (κ3) is 6.39. The van der Waals surface area contributed by atoms with E-state index in [0.29, 0.717) is 6.42 Å². The van der Waals surface area contributed by atoms with E-state index in [2.05, 4.69) is 19.1 Å². The summed E-state index contributed by atoms with van der Waals surface area (Å²) in [6, 6.07) is 10.4. The number of nitrogens with two attached hydrogens (primary N) is 1. The third-order valence-electron chi connectivity index (χ3n) is 3.32. The lowest BCUT2D eigenvalue weighted by Gasteiger charge is -2.19. The maximum Gasteiger partial charge on any atom is 0.223 e. The molecule has 3 nitrogen and oxygen atoms in total. The number of hydrogen-bond donors (Lipinski definition) is 1. The van der Waals surface area contributed by atoms with E-state index in [9.17, 15) is 4.79 Å². The molecule has 19 heavy (non-hydrogen) atoms. The summed E-state index contributed by atoms with van der Waals surface area (Å²) < 4.78 is 0. The van der Waals surface area contributed by atoms with E-state index in [1.165, 1.54) is 5.56 Å². The van der Waals surface area contributed by atoms with E-state index in [1.54, 1.807) is 4.90 Å². The molecule has 0 aliphatic carbocycles. The van der Waals surface area contributed by atoms with Crippen LogP contribution in [0, 0.1) is 0 Å². The number of rotatable bonds is 8. The molecule has 2 N–H and O–H groups in total. The first-order valence-electron chi connectivity index (χ1n) is 7.17. The van der Waals surface area contributed by atoms with Crippen LogP contribution in [0.15, 0.2) is 30.3 Å². The Labute approximate surface area is 116 Å². The molecule has 106 valence electrons. The Balaban J connectivity index is 2.23. The molecule has 1 amide bonds. The van der Waals surface area contributed by atoms with Crippen molar-refractivity contribution in [2.45, 2.75) is 45.1 Å². The van der Waals surface area contributed by atoms with Crippen LogP contribution in [-0.2, 0) is 11.2 Å². The van der Waals surface area contributed by atoms with Gasteiger partial charge in [-0.25, -0.2) is 0 Å². The maximum absolute atomic E-state index is 11.9. The summed E-state index contributed by atoms with van der Waals surface area (Å²) in [5.74, 6) is 0.161. The average Bonchev–Trinajstić information content (AvgIpc) is 2.40. The van der Waals surface area contributed by atoms with Crippen LogP contribution >= 0.6 is 0 Å². The van der Waals surface area contributed by atoms with Crippen molar-refractivity contribution in [1.82, 2.24) is 4.90 Å². The van der Waals surface area contributed by atoms with Gasteiger partial charge in [0.05, 0.1) is 0 Å². The lowest BCUT2D eigenvalue weighted by molar-refractivity contribution is -0.130. The summed E-state index contributed by atoms with van der Waals surface area (Å²) in [6.07, 6.45) is 4.43. The molecule has 0 bridgehead atoms. The first kappa shape index (κ1) is 15.7. The molecule has 0 fully saturated rings. The van der Waals surface area contributed by atoms with Crippen LogP contribution < -0.4 is 5.73 Å². The highest BCUT2D eigenvalue weighted by molar-refractivity contribution is 5.76. The third-order valence-corrected chi connectivity index (χ3v) is 3.32. The van der Waals surface area contributed by atoms with Crippen molar-refractivity contribution in [3.05, 3.63) is 35.9 Å². The average molecular weight is 262 g/mol. The summed E-state index contributed by atoms with van der Waals surface area (Å²) in [5.41, 5.74) is 7.22. The van der Waals surface area contributed by atoms with E-state index in [1.807, 2.05) is 25.2 Å². The largest absolute Gasteiger partial charge is 0.346 e. The molecule has 0 aliphatic heterocycles. The van der Waals surface area contributed by atoms with Crippen LogP contribution in [0.2, 0.25) is 0 Å². The summed E-state index contributed by atoms with van der Waals surface area (Å²) >= 11 is 0. The zero-order chi connectivity index (χ0) is 14.1. The van der Waals surface area contributed by atoms with Crippen LogP contribution in [0.4, 0.5) is 0 Å². The number of amides is 1. The van der Waals surface area contributed by atoms with Crippen LogP contribution in [0.3, 0.4) is 0 Å². The molecule has 0 spiro atoms. The number of carbonyl (C=O) groups excluding carboxylic acids is 1. The Morgan fingerprint density at radius 2 is 2.00 bits per heavy atom. The first-order chi connectivity index (χ1) is 9.13. The second kappa shape index (κ2) is 8.70. The standard InChI is InChI=1S/C16H26N2O/c1-3-8-15(17)13-16(19)18(2)12-7-11-14-9-5-4-6-10-14/h4-6,9-10,15H,3,7-8,11-13,17H2,1-2H3. The minimum Gasteiger partial charge on any atom is -0.346 e. The van der Waals surface area contributed by atoms with Gasteiger partial charge in [-0.3, -0.25) is 4.79 Å². The SMILES string of the molecule is CCCC(N)CC(=O)N(C)CCCc1ccccc1. The zero-order valence-corrected chi connectivity index (χ0v) is 12.1. The molecular formula is C16H26N2O. The Morgan fingerprint density at radius 3 is 2.63 bits per heavy atom. The quantitative estimate of drug-likeness (QED) is 0.782. The highest BCUT2D eigenvalue weighted by Crippen LogP contribution is 2.05. The van der Waals surface area contributed by atoms with Crippen LogP contribution in [0.1, 0.15) is 38.2 Å². The molecule has 1 aromatic rings. The Bertz CT molecular complexity index is 364. The molecule has 1 unspecified atom stereocenters. The molecule has 0 saturated carbocycles. The van der Waals surface area contributed by atoms with Gasteiger partial charge in [-0.2, -0.15) is 0 Å². The lowest BCUT2D eigenvalue weighted by atomic mass is 10.1. The molecule has 0 aliphatic rings. The smallest absolute Gasteiger partial charge is 0.223 e.